The molecule has 2 N–H and O–H groups in total. The van der Waals surface area contributed by atoms with Gasteiger partial charge in [0.2, 0.25) is 5.95 Å². The maximum absolute atomic E-state index is 8.96. The van der Waals surface area contributed by atoms with Crippen LogP contribution >= 0.6 is 0 Å². The van der Waals surface area contributed by atoms with Crippen molar-refractivity contribution in [2.45, 2.75) is 13.5 Å². The fourth-order valence-corrected chi connectivity index (χ4v) is 2.91. The Hall–Kier alpha value is -3.98. The SMILES string of the molecule is Cc1cnc(NCc2cc(-c3ccccc3)n[nH]2)nc1-c1ccc(C#N)cc1. The van der Waals surface area contributed by atoms with E-state index < -0.39 is 0 Å². The van der Waals surface area contributed by atoms with Crippen LogP contribution in [0.5, 0.6) is 0 Å². The molecule has 2 aromatic carbocycles. The number of H-pyrrole nitrogens is 1. The molecule has 0 saturated carbocycles. The van der Waals surface area contributed by atoms with Crippen LogP contribution in [0.25, 0.3) is 22.5 Å². The quantitative estimate of drug-likeness (QED) is 0.549. The summed E-state index contributed by atoms with van der Waals surface area (Å²) in [6.07, 6.45) is 1.80. The third-order valence-corrected chi connectivity index (χ3v) is 4.40. The Balaban J connectivity index is 1.50. The molecule has 0 radical (unpaired) electrons. The first-order chi connectivity index (χ1) is 13.7. The van der Waals surface area contributed by atoms with Crippen LogP contribution in [0.15, 0.2) is 66.9 Å². The monoisotopic (exact) mass is 366 g/mol. The fraction of sp³-hybridized carbons (Fsp3) is 0.0909. The molecule has 6 heteroatoms. The summed E-state index contributed by atoms with van der Waals surface area (Å²) in [5, 5.41) is 19.6. The fourth-order valence-electron chi connectivity index (χ4n) is 2.91. The average Bonchev–Trinajstić information content (AvgIpc) is 3.23. The second kappa shape index (κ2) is 7.72. The van der Waals surface area contributed by atoms with Crippen LogP contribution in [0.4, 0.5) is 5.95 Å². The summed E-state index contributed by atoms with van der Waals surface area (Å²) in [6, 6.07) is 21.6. The number of aryl methyl sites for hydroxylation is 1. The molecule has 0 unspecified atom stereocenters. The van der Waals surface area contributed by atoms with E-state index >= 15 is 0 Å². The zero-order valence-corrected chi connectivity index (χ0v) is 15.3. The normalized spacial score (nSPS) is 10.4. The van der Waals surface area contributed by atoms with E-state index in [9.17, 15) is 0 Å². The molecule has 4 aromatic rings. The summed E-state index contributed by atoms with van der Waals surface area (Å²) in [5.41, 5.74) is 6.32. The van der Waals surface area contributed by atoms with E-state index in [1.165, 1.54) is 0 Å². The van der Waals surface area contributed by atoms with E-state index in [-0.39, 0.29) is 0 Å². The van der Waals surface area contributed by atoms with Gasteiger partial charge in [0, 0.05) is 17.3 Å². The highest BCUT2D eigenvalue weighted by atomic mass is 15.2. The van der Waals surface area contributed by atoms with Crippen molar-refractivity contribution >= 4 is 5.95 Å². The first-order valence-electron chi connectivity index (χ1n) is 8.91. The van der Waals surface area contributed by atoms with Crippen LogP contribution in [0.3, 0.4) is 0 Å². The molecule has 0 aliphatic carbocycles. The minimum atomic E-state index is 0.537. The first kappa shape index (κ1) is 17.4. The highest BCUT2D eigenvalue weighted by molar-refractivity contribution is 5.64. The number of aromatic nitrogens is 4. The van der Waals surface area contributed by atoms with Crippen LogP contribution in [0.1, 0.15) is 16.8 Å². The van der Waals surface area contributed by atoms with Crippen LogP contribution in [0, 0.1) is 18.3 Å². The average molecular weight is 366 g/mol. The lowest BCUT2D eigenvalue weighted by molar-refractivity contribution is 0.961. The van der Waals surface area contributed by atoms with E-state index in [4.69, 9.17) is 5.26 Å². The van der Waals surface area contributed by atoms with Crippen molar-refractivity contribution in [2.24, 2.45) is 0 Å². The Morgan fingerprint density at radius 2 is 1.82 bits per heavy atom. The second-order valence-electron chi connectivity index (χ2n) is 6.41. The van der Waals surface area contributed by atoms with Crippen molar-refractivity contribution in [3.05, 3.63) is 83.7 Å². The molecule has 0 amide bonds. The van der Waals surface area contributed by atoms with Crippen molar-refractivity contribution in [1.29, 1.82) is 5.26 Å². The Morgan fingerprint density at radius 1 is 1.04 bits per heavy atom. The number of anilines is 1. The van der Waals surface area contributed by atoms with Gasteiger partial charge in [-0.15, -0.1) is 0 Å². The van der Waals surface area contributed by atoms with Gasteiger partial charge in [0.05, 0.1) is 35.3 Å². The summed E-state index contributed by atoms with van der Waals surface area (Å²) in [6.45, 7) is 2.51. The number of benzene rings is 2. The van der Waals surface area contributed by atoms with Gasteiger partial charge in [-0.25, -0.2) is 9.97 Å². The predicted octanol–water partition coefficient (Wildman–Crippen LogP) is 4.33. The van der Waals surface area contributed by atoms with Crippen molar-refractivity contribution in [2.75, 3.05) is 5.32 Å². The number of rotatable bonds is 5. The van der Waals surface area contributed by atoms with Gasteiger partial charge in [-0.1, -0.05) is 42.5 Å². The molecule has 6 nitrogen and oxygen atoms in total. The van der Waals surface area contributed by atoms with Crippen LogP contribution in [-0.4, -0.2) is 20.2 Å². The lowest BCUT2D eigenvalue weighted by atomic mass is 10.1. The van der Waals surface area contributed by atoms with Crippen LogP contribution in [0.2, 0.25) is 0 Å². The minimum absolute atomic E-state index is 0.537. The van der Waals surface area contributed by atoms with Gasteiger partial charge in [-0.2, -0.15) is 10.4 Å². The summed E-state index contributed by atoms with van der Waals surface area (Å²) in [4.78, 5) is 9.01. The summed E-state index contributed by atoms with van der Waals surface area (Å²) in [5.74, 6) is 0.542. The van der Waals surface area contributed by atoms with Crippen LogP contribution in [-0.2, 0) is 6.54 Å². The van der Waals surface area contributed by atoms with Gasteiger partial charge < -0.3 is 5.32 Å². The topological polar surface area (TPSA) is 90.3 Å². The van der Waals surface area contributed by atoms with Crippen molar-refractivity contribution in [1.82, 2.24) is 20.2 Å². The number of aromatic amines is 1. The molecule has 136 valence electrons. The van der Waals surface area contributed by atoms with Gasteiger partial charge in [-0.3, -0.25) is 5.10 Å². The minimum Gasteiger partial charge on any atom is -0.349 e. The maximum Gasteiger partial charge on any atom is 0.223 e. The van der Waals surface area contributed by atoms with Gasteiger partial charge in [0.15, 0.2) is 0 Å². The van der Waals surface area contributed by atoms with E-state index in [0.717, 1.165) is 33.8 Å². The molecule has 0 saturated heterocycles. The molecule has 0 spiro atoms. The standard InChI is InChI=1S/C22H18N6/c1-15-13-24-22(26-21(15)18-9-7-16(12-23)8-10-18)25-14-19-11-20(28-27-19)17-5-3-2-4-6-17/h2-11,13H,14H2,1H3,(H,27,28)(H,24,25,26). The summed E-state index contributed by atoms with van der Waals surface area (Å²) < 4.78 is 0. The van der Waals surface area contributed by atoms with E-state index in [0.29, 0.717) is 18.1 Å². The lowest BCUT2D eigenvalue weighted by Gasteiger charge is -2.08. The zero-order chi connectivity index (χ0) is 19.3. The summed E-state index contributed by atoms with van der Waals surface area (Å²) >= 11 is 0. The molecule has 0 bridgehead atoms. The third kappa shape index (κ3) is 3.74. The van der Waals surface area contributed by atoms with Gasteiger partial charge >= 0.3 is 0 Å². The zero-order valence-electron chi connectivity index (χ0n) is 15.3. The molecule has 0 atom stereocenters. The summed E-state index contributed by atoms with van der Waals surface area (Å²) in [7, 11) is 0. The Morgan fingerprint density at radius 3 is 2.57 bits per heavy atom. The smallest absolute Gasteiger partial charge is 0.223 e. The van der Waals surface area contributed by atoms with Gasteiger partial charge in [0.1, 0.15) is 0 Å². The molecule has 2 aromatic heterocycles. The molecular weight excluding hydrogens is 348 g/mol. The van der Waals surface area contributed by atoms with Crippen molar-refractivity contribution in [3.8, 4) is 28.6 Å². The number of hydrogen-bond donors (Lipinski definition) is 2. The number of hydrogen-bond acceptors (Lipinski definition) is 5. The molecule has 0 aliphatic heterocycles. The lowest BCUT2D eigenvalue weighted by Crippen LogP contribution is -2.05. The number of nitriles is 1. The highest BCUT2D eigenvalue weighted by Crippen LogP contribution is 2.22. The van der Waals surface area contributed by atoms with Gasteiger partial charge in [-0.05, 0) is 30.7 Å². The Labute approximate surface area is 162 Å². The largest absolute Gasteiger partial charge is 0.349 e. The third-order valence-electron chi connectivity index (χ3n) is 4.40. The Kier molecular flexibility index (Phi) is 4.81. The molecule has 4 rings (SSSR count). The van der Waals surface area contributed by atoms with Crippen molar-refractivity contribution < 1.29 is 0 Å². The Bertz CT molecular complexity index is 1120. The van der Waals surface area contributed by atoms with E-state index in [1.54, 1.807) is 18.3 Å². The molecule has 28 heavy (non-hydrogen) atoms. The molecule has 0 fully saturated rings. The number of nitrogens with one attached hydrogen (secondary N) is 2. The highest BCUT2D eigenvalue weighted by Gasteiger charge is 2.08. The van der Waals surface area contributed by atoms with Crippen LogP contribution < -0.4 is 5.32 Å². The van der Waals surface area contributed by atoms with E-state index in [1.807, 2.05) is 55.5 Å². The predicted molar refractivity (Wildman–Crippen MR) is 108 cm³/mol. The number of nitrogens with zero attached hydrogens (tertiary/aromatic N) is 4. The first-order valence-corrected chi connectivity index (χ1v) is 8.91. The molecule has 0 aliphatic rings. The van der Waals surface area contributed by atoms with Crippen molar-refractivity contribution in [3.63, 3.8) is 0 Å². The van der Waals surface area contributed by atoms with E-state index in [2.05, 4.69) is 31.6 Å². The second-order valence-corrected chi connectivity index (χ2v) is 6.41. The molecule has 2 heterocycles. The molecular formula is C22H18N6. The maximum atomic E-state index is 8.96. The van der Waals surface area contributed by atoms with Gasteiger partial charge in [0.25, 0.3) is 0 Å².